The molecular weight excluding hydrogens is 342 g/mol. The van der Waals surface area contributed by atoms with Gasteiger partial charge in [-0.05, 0) is 23.6 Å². The van der Waals surface area contributed by atoms with Crippen LogP contribution in [-0.2, 0) is 17.7 Å². The average Bonchev–Trinajstić information content (AvgIpc) is 2.60. The monoisotopic (exact) mass is 357 g/mol. The van der Waals surface area contributed by atoms with Gasteiger partial charge >= 0.3 is 0 Å². The molecular formula is C19H16ClNO2S. The van der Waals surface area contributed by atoms with Gasteiger partial charge in [-0.1, -0.05) is 42.5 Å². The lowest BCUT2D eigenvalue weighted by molar-refractivity contribution is -0.0000144. The maximum absolute atomic E-state index is 12.9. The van der Waals surface area contributed by atoms with E-state index >= 15 is 0 Å². The van der Waals surface area contributed by atoms with Gasteiger partial charge in [0.1, 0.15) is 0 Å². The summed E-state index contributed by atoms with van der Waals surface area (Å²) in [6.07, 6.45) is 0. The van der Waals surface area contributed by atoms with Crippen molar-refractivity contribution in [1.82, 2.24) is 4.31 Å². The molecule has 3 aromatic rings. The van der Waals surface area contributed by atoms with Crippen LogP contribution in [0, 0.1) is 0 Å². The first-order chi connectivity index (χ1) is 11.2. The first kappa shape index (κ1) is 16.8. The normalized spacial score (nSPS) is 16.2. The number of aliphatic hydroxyl groups excluding tert-OH is 1. The number of benzene rings is 3. The number of hydrogen-bond acceptors (Lipinski definition) is 2. The lowest BCUT2D eigenvalue weighted by atomic mass is 10.0. The summed E-state index contributed by atoms with van der Waals surface area (Å²) in [5, 5.41) is 11.8. The average molecular weight is 358 g/mol. The van der Waals surface area contributed by atoms with E-state index in [9.17, 15) is 9.90 Å². The topological polar surface area (TPSA) is 40.5 Å². The van der Waals surface area contributed by atoms with E-state index in [0.717, 1.165) is 31.7 Å². The van der Waals surface area contributed by atoms with Gasteiger partial charge in [0.25, 0.3) is 5.91 Å². The standard InChI is InChI=1S/C19H16NO2S.ClH/c1-20-19(22)15-9-4-7-13-8-5-11-17(18(13)15)23(20)16-10-3-2-6-14(16)12-21;/h2-11,21H,12H2,1H3;1H/q+1;/p-1. The van der Waals surface area contributed by atoms with Crippen molar-refractivity contribution in [3.63, 3.8) is 0 Å². The minimum Gasteiger partial charge on any atom is -1.00 e. The summed E-state index contributed by atoms with van der Waals surface area (Å²) in [4.78, 5) is 15.0. The Balaban J connectivity index is 0.00000169. The largest absolute Gasteiger partial charge is 1.00 e. The Hall–Kier alpha value is -2.01. The fourth-order valence-electron chi connectivity index (χ4n) is 3.14. The molecule has 4 rings (SSSR count). The summed E-state index contributed by atoms with van der Waals surface area (Å²) < 4.78 is 1.80. The molecule has 0 aliphatic carbocycles. The van der Waals surface area contributed by atoms with Crippen LogP contribution in [0.5, 0.6) is 0 Å². The molecule has 1 unspecified atom stereocenters. The predicted octanol–water partition coefficient (Wildman–Crippen LogP) is 0.373. The van der Waals surface area contributed by atoms with Crippen molar-refractivity contribution in [2.45, 2.75) is 16.4 Å². The Morgan fingerprint density at radius 3 is 2.38 bits per heavy atom. The Labute approximate surface area is 149 Å². The molecule has 0 saturated carbocycles. The van der Waals surface area contributed by atoms with Gasteiger partial charge in [0.15, 0.2) is 20.9 Å². The third kappa shape index (κ3) is 2.38. The summed E-state index contributed by atoms with van der Waals surface area (Å²) in [7, 11) is 1.84. The maximum Gasteiger partial charge on any atom is 0.296 e. The molecule has 0 fully saturated rings. The van der Waals surface area contributed by atoms with E-state index in [2.05, 4.69) is 6.07 Å². The number of rotatable bonds is 2. The second-order valence-corrected chi connectivity index (χ2v) is 7.51. The van der Waals surface area contributed by atoms with E-state index in [0.29, 0.717) is 0 Å². The van der Waals surface area contributed by atoms with Crippen LogP contribution in [0.4, 0.5) is 0 Å². The molecule has 0 bridgehead atoms. The number of carbonyl (C=O) groups is 1. The molecule has 0 aromatic heterocycles. The van der Waals surface area contributed by atoms with Gasteiger partial charge in [-0.15, -0.1) is 4.31 Å². The first-order valence-corrected chi connectivity index (χ1v) is 8.63. The van der Waals surface area contributed by atoms with E-state index in [-0.39, 0.29) is 24.9 Å². The van der Waals surface area contributed by atoms with Gasteiger partial charge in [-0.25, -0.2) is 0 Å². The van der Waals surface area contributed by atoms with Crippen LogP contribution in [0.25, 0.3) is 10.8 Å². The fourth-order valence-corrected chi connectivity index (χ4v) is 5.44. The van der Waals surface area contributed by atoms with Crippen molar-refractivity contribution in [2.75, 3.05) is 7.05 Å². The van der Waals surface area contributed by atoms with E-state index in [4.69, 9.17) is 0 Å². The van der Waals surface area contributed by atoms with Gasteiger partial charge in [0.2, 0.25) is 0 Å². The Morgan fingerprint density at radius 1 is 0.958 bits per heavy atom. The fraction of sp³-hybridized carbons (Fsp3) is 0.105. The zero-order valence-electron chi connectivity index (χ0n) is 13.1. The van der Waals surface area contributed by atoms with Crippen molar-refractivity contribution >= 4 is 27.8 Å². The highest BCUT2D eigenvalue weighted by Crippen LogP contribution is 2.39. The molecule has 1 aliphatic heterocycles. The van der Waals surface area contributed by atoms with Gasteiger partial charge in [-0.3, -0.25) is 4.79 Å². The van der Waals surface area contributed by atoms with Gasteiger partial charge in [0, 0.05) is 5.56 Å². The van der Waals surface area contributed by atoms with Gasteiger partial charge < -0.3 is 17.5 Å². The molecule has 1 amide bonds. The van der Waals surface area contributed by atoms with E-state index in [1.165, 1.54) is 0 Å². The molecule has 1 aliphatic rings. The third-order valence-corrected chi connectivity index (χ3v) is 6.50. The number of amides is 1. The van der Waals surface area contributed by atoms with Crippen molar-refractivity contribution in [1.29, 1.82) is 0 Å². The molecule has 1 N–H and O–H groups in total. The Bertz CT molecular complexity index is 923. The SMILES string of the molecule is CN1C(=O)c2cccc3cccc(c23)[S+]1c1ccccc1CO.[Cl-]. The second-order valence-electron chi connectivity index (χ2n) is 5.51. The highest BCUT2D eigenvalue weighted by Gasteiger charge is 2.43. The molecule has 122 valence electrons. The van der Waals surface area contributed by atoms with Crippen LogP contribution in [-0.4, -0.2) is 22.4 Å². The number of nitrogens with zero attached hydrogens (tertiary/aromatic N) is 1. The first-order valence-electron chi connectivity index (χ1n) is 7.45. The van der Waals surface area contributed by atoms with Crippen molar-refractivity contribution < 1.29 is 22.3 Å². The number of aliphatic hydroxyl groups is 1. The second kappa shape index (κ2) is 6.48. The van der Waals surface area contributed by atoms with Crippen molar-refractivity contribution in [3.05, 3.63) is 71.8 Å². The van der Waals surface area contributed by atoms with E-state index < -0.39 is 11.1 Å². The van der Waals surface area contributed by atoms with Crippen LogP contribution in [0.2, 0.25) is 0 Å². The zero-order chi connectivity index (χ0) is 16.0. The zero-order valence-corrected chi connectivity index (χ0v) is 14.6. The Kier molecular flexibility index (Phi) is 4.54. The molecule has 3 nitrogen and oxygen atoms in total. The predicted molar refractivity (Wildman–Crippen MR) is 92.3 cm³/mol. The lowest BCUT2D eigenvalue weighted by Crippen LogP contribution is -3.00. The third-order valence-electron chi connectivity index (χ3n) is 4.22. The van der Waals surface area contributed by atoms with Crippen molar-refractivity contribution in [2.24, 2.45) is 0 Å². The molecule has 0 radical (unpaired) electrons. The summed E-state index contributed by atoms with van der Waals surface area (Å²) in [5.74, 6) is 0.0328. The summed E-state index contributed by atoms with van der Waals surface area (Å²) in [6.45, 7) is -0.0284. The molecule has 1 atom stereocenters. The molecule has 1 heterocycles. The smallest absolute Gasteiger partial charge is 0.296 e. The summed E-state index contributed by atoms with van der Waals surface area (Å²) in [6, 6.07) is 19.8. The maximum atomic E-state index is 12.9. The minimum absolute atomic E-state index is 0. The van der Waals surface area contributed by atoms with Gasteiger partial charge in [-0.2, -0.15) is 0 Å². The van der Waals surface area contributed by atoms with Crippen LogP contribution in [0.15, 0.2) is 70.5 Å². The summed E-state index contributed by atoms with van der Waals surface area (Å²) in [5.41, 5.74) is 1.62. The molecule has 0 saturated heterocycles. The lowest BCUT2D eigenvalue weighted by Gasteiger charge is -2.25. The molecule has 5 heteroatoms. The molecule has 24 heavy (non-hydrogen) atoms. The van der Waals surface area contributed by atoms with Crippen LogP contribution < -0.4 is 12.4 Å². The van der Waals surface area contributed by atoms with Crippen molar-refractivity contribution in [3.8, 4) is 0 Å². The molecule has 0 spiro atoms. The highest BCUT2D eigenvalue weighted by molar-refractivity contribution is 7.95. The van der Waals surface area contributed by atoms with Gasteiger partial charge in [0.05, 0.1) is 24.6 Å². The number of hydrogen-bond donors (Lipinski definition) is 1. The number of carbonyl (C=O) groups excluding carboxylic acids is 1. The molecule has 3 aromatic carbocycles. The quantitative estimate of drug-likeness (QED) is 0.673. The van der Waals surface area contributed by atoms with E-state index in [1.807, 2.05) is 61.6 Å². The summed E-state index contributed by atoms with van der Waals surface area (Å²) >= 11 is -0.519. The number of halogens is 1. The van der Waals surface area contributed by atoms with Crippen LogP contribution >= 0.6 is 0 Å². The Morgan fingerprint density at radius 2 is 1.62 bits per heavy atom. The van der Waals surface area contributed by atoms with E-state index in [1.54, 1.807) is 4.31 Å². The van der Waals surface area contributed by atoms with Crippen LogP contribution in [0.3, 0.4) is 0 Å². The van der Waals surface area contributed by atoms with Crippen LogP contribution in [0.1, 0.15) is 15.9 Å². The minimum atomic E-state index is -0.519. The highest BCUT2D eigenvalue weighted by atomic mass is 35.5.